The van der Waals surface area contributed by atoms with Crippen molar-refractivity contribution in [2.45, 2.75) is 105 Å². The molecule has 4 aromatic carbocycles. The minimum atomic E-state index is -0.0912. The highest BCUT2D eigenvalue weighted by Gasteiger charge is 2.31. The Bertz CT molecular complexity index is 3050. The van der Waals surface area contributed by atoms with Crippen LogP contribution in [0.25, 0.3) is 77.9 Å². The fourth-order valence-electron chi connectivity index (χ4n) is 8.72. The van der Waals surface area contributed by atoms with Crippen LogP contribution in [0.15, 0.2) is 115 Å². The molecule has 59 heavy (non-hydrogen) atoms. The van der Waals surface area contributed by atoms with Crippen LogP contribution in [0.1, 0.15) is 105 Å². The highest BCUT2D eigenvalue weighted by atomic mass is 15.1. The van der Waals surface area contributed by atoms with E-state index in [2.05, 4.69) is 207 Å². The van der Waals surface area contributed by atoms with Gasteiger partial charge in [-0.05, 0) is 98.5 Å². The van der Waals surface area contributed by atoms with E-state index in [1.165, 1.54) is 38.6 Å². The molecule has 0 saturated carbocycles. The second-order valence-electron chi connectivity index (χ2n) is 20.5. The van der Waals surface area contributed by atoms with E-state index < -0.39 is 0 Å². The number of benzene rings is 4. The molecule has 0 aliphatic rings. The average Bonchev–Trinajstić information content (AvgIpc) is 3.88. The van der Waals surface area contributed by atoms with Gasteiger partial charge in [-0.25, -0.2) is 9.97 Å². The minimum absolute atomic E-state index is 0.00990. The predicted octanol–water partition coefficient (Wildman–Crippen LogP) is 13.9. The second-order valence-corrected chi connectivity index (χ2v) is 20.5. The smallest absolute Gasteiger partial charge is 0.146 e. The molecule has 5 aromatic heterocycles. The van der Waals surface area contributed by atoms with E-state index >= 15 is 0 Å². The molecule has 6 heteroatoms. The van der Waals surface area contributed by atoms with Crippen LogP contribution in [0.3, 0.4) is 0 Å². The van der Waals surface area contributed by atoms with Crippen LogP contribution in [0.4, 0.5) is 0 Å². The monoisotopic (exact) mass is 776 g/mol. The number of nitrogens with one attached hydrogen (secondary N) is 1. The third-order valence-electron chi connectivity index (χ3n) is 12.0. The predicted molar refractivity (Wildman–Crippen MR) is 249 cm³/mol. The molecule has 0 bridgehead atoms. The zero-order chi connectivity index (χ0) is 41.8. The first kappa shape index (κ1) is 38.5. The molecule has 6 nitrogen and oxygen atoms in total. The van der Waals surface area contributed by atoms with Gasteiger partial charge < -0.3 is 0 Å². The van der Waals surface area contributed by atoms with Crippen LogP contribution < -0.4 is 0 Å². The van der Waals surface area contributed by atoms with Gasteiger partial charge in [0.15, 0.2) is 0 Å². The Morgan fingerprint density at radius 2 is 1.05 bits per heavy atom. The number of nitrogens with zero attached hydrogens (tertiary/aromatic N) is 5. The van der Waals surface area contributed by atoms with Gasteiger partial charge in [-0.15, -0.1) is 0 Å². The van der Waals surface area contributed by atoms with Gasteiger partial charge in [0.05, 0.1) is 33.6 Å². The lowest BCUT2D eigenvalue weighted by Crippen LogP contribution is -2.23. The summed E-state index contributed by atoms with van der Waals surface area (Å²) in [5, 5.41) is 13.1. The standard InChI is InChI=1S/C53H56N6/c1-50(2,3)32-25-26-54-47(29-32)59-45-20-16-13-17-35(45)37-22-21-34(30-46(37)59)58-44-19-15-14-18-36(44)38-23-24-41(55-49(38)58)42-31-43(57-56-42)48-39(52(7,8)9)27-33(51(4,5)6)28-40(48)53(10,11)12/h13-31H,1-12H3,(H,56,57). The van der Waals surface area contributed by atoms with Crippen LogP contribution in [0.2, 0.25) is 0 Å². The Hall–Kier alpha value is -6.01. The van der Waals surface area contributed by atoms with Crippen molar-refractivity contribution >= 4 is 43.7 Å². The number of H-pyrrole nitrogens is 1. The molecule has 0 spiro atoms. The highest BCUT2D eigenvalue weighted by Crippen LogP contribution is 2.44. The van der Waals surface area contributed by atoms with Crippen molar-refractivity contribution in [1.82, 2.24) is 29.3 Å². The van der Waals surface area contributed by atoms with E-state index in [1.54, 1.807) is 0 Å². The molecule has 0 aliphatic carbocycles. The van der Waals surface area contributed by atoms with E-state index in [0.29, 0.717) is 0 Å². The zero-order valence-electron chi connectivity index (χ0n) is 36.7. The summed E-state index contributed by atoms with van der Waals surface area (Å²) in [6.45, 7) is 27.5. The second kappa shape index (κ2) is 13.3. The normalized spacial score (nSPS) is 13.1. The minimum Gasteiger partial charge on any atom is -0.294 e. The molecular weight excluding hydrogens is 721 g/mol. The fraction of sp³-hybridized carbons (Fsp3) is 0.302. The van der Waals surface area contributed by atoms with Gasteiger partial charge in [0.25, 0.3) is 0 Å². The van der Waals surface area contributed by atoms with Crippen molar-refractivity contribution in [3.8, 4) is 34.2 Å². The maximum absolute atomic E-state index is 5.47. The molecule has 9 rings (SSSR count). The van der Waals surface area contributed by atoms with Gasteiger partial charge in [0.2, 0.25) is 0 Å². The third kappa shape index (κ3) is 6.54. The number of aromatic amines is 1. The first-order chi connectivity index (χ1) is 27.8. The Morgan fingerprint density at radius 3 is 1.68 bits per heavy atom. The van der Waals surface area contributed by atoms with Crippen molar-refractivity contribution in [2.24, 2.45) is 0 Å². The van der Waals surface area contributed by atoms with Gasteiger partial charge in [-0.3, -0.25) is 14.2 Å². The summed E-state index contributed by atoms with van der Waals surface area (Å²) in [6, 6.07) is 39.8. The van der Waals surface area contributed by atoms with Crippen molar-refractivity contribution in [2.75, 3.05) is 0 Å². The maximum atomic E-state index is 5.47. The van der Waals surface area contributed by atoms with Gasteiger partial charge in [-0.2, -0.15) is 5.10 Å². The topological polar surface area (TPSA) is 64.3 Å². The van der Waals surface area contributed by atoms with Crippen molar-refractivity contribution in [3.05, 3.63) is 138 Å². The number of para-hydroxylation sites is 2. The zero-order valence-corrected chi connectivity index (χ0v) is 36.7. The molecule has 298 valence electrons. The van der Waals surface area contributed by atoms with E-state index in [9.17, 15) is 0 Å². The Balaban J connectivity index is 1.24. The van der Waals surface area contributed by atoms with Crippen LogP contribution in [0.5, 0.6) is 0 Å². The molecule has 1 N–H and O–H groups in total. The average molecular weight is 777 g/mol. The van der Waals surface area contributed by atoms with Gasteiger partial charge in [0, 0.05) is 39.0 Å². The summed E-state index contributed by atoms with van der Waals surface area (Å²) >= 11 is 0. The summed E-state index contributed by atoms with van der Waals surface area (Å²) in [5.74, 6) is 0.913. The lowest BCUT2D eigenvalue weighted by Gasteiger charge is -2.33. The fourth-order valence-corrected chi connectivity index (χ4v) is 8.72. The largest absolute Gasteiger partial charge is 0.294 e. The van der Waals surface area contributed by atoms with Gasteiger partial charge >= 0.3 is 0 Å². The summed E-state index contributed by atoms with van der Waals surface area (Å²) in [6.07, 6.45) is 1.94. The molecule has 0 fully saturated rings. The number of rotatable bonds is 4. The molecule has 0 atom stereocenters. The maximum Gasteiger partial charge on any atom is 0.146 e. The van der Waals surface area contributed by atoms with E-state index in [-0.39, 0.29) is 21.7 Å². The molecule has 0 radical (unpaired) electrons. The quantitative estimate of drug-likeness (QED) is 0.194. The van der Waals surface area contributed by atoms with Crippen LogP contribution in [-0.4, -0.2) is 29.3 Å². The van der Waals surface area contributed by atoms with Crippen LogP contribution in [0, 0.1) is 0 Å². The highest BCUT2D eigenvalue weighted by molar-refractivity contribution is 6.11. The SMILES string of the molecule is CC(C)(C)c1ccnc(-n2c3ccccc3c3ccc(-n4c5ccccc5c5ccc(-c6cc(-c7c(C(C)(C)C)cc(C(C)(C)C)cc7C(C)(C)C)n[nH]6)nc54)cc32)c1. The summed E-state index contributed by atoms with van der Waals surface area (Å²) < 4.78 is 4.63. The Morgan fingerprint density at radius 1 is 0.475 bits per heavy atom. The molecule has 0 amide bonds. The van der Waals surface area contributed by atoms with Crippen LogP contribution in [-0.2, 0) is 21.7 Å². The first-order valence-electron chi connectivity index (χ1n) is 21.0. The summed E-state index contributed by atoms with van der Waals surface area (Å²) in [7, 11) is 0. The van der Waals surface area contributed by atoms with E-state index in [1.807, 2.05) is 6.20 Å². The number of hydrogen-bond acceptors (Lipinski definition) is 3. The van der Waals surface area contributed by atoms with Crippen molar-refractivity contribution < 1.29 is 0 Å². The molecular formula is C53H56N6. The lowest BCUT2D eigenvalue weighted by molar-refractivity contribution is 0.550. The van der Waals surface area contributed by atoms with Gasteiger partial charge in [-0.1, -0.05) is 138 Å². The van der Waals surface area contributed by atoms with E-state index in [4.69, 9.17) is 15.1 Å². The lowest BCUT2D eigenvalue weighted by atomic mass is 9.71. The molecule has 9 aromatic rings. The summed E-state index contributed by atoms with van der Waals surface area (Å²) in [5.41, 5.74) is 14.2. The molecule has 0 saturated heterocycles. The molecule has 5 heterocycles. The summed E-state index contributed by atoms with van der Waals surface area (Å²) in [4.78, 5) is 10.4. The number of aromatic nitrogens is 6. The Labute approximate surface area is 348 Å². The molecule has 0 aliphatic heterocycles. The van der Waals surface area contributed by atoms with E-state index in [0.717, 1.165) is 61.6 Å². The van der Waals surface area contributed by atoms with Crippen molar-refractivity contribution in [1.29, 1.82) is 0 Å². The third-order valence-corrected chi connectivity index (χ3v) is 12.0. The molecule has 0 unspecified atom stereocenters. The number of hydrogen-bond donors (Lipinski definition) is 1. The van der Waals surface area contributed by atoms with Gasteiger partial charge in [0.1, 0.15) is 11.5 Å². The number of fused-ring (bicyclic) bond motifs is 6. The Kier molecular flexibility index (Phi) is 8.65. The number of pyridine rings is 2. The first-order valence-corrected chi connectivity index (χ1v) is 21.0. The van der Waals surface area contributed by atoms with Crippen molar-refractivity contribution in [3.63, 3.8) is 0 Å². The van der Waals surface area contributed by atoms with Crippen LogP contribution >= 0.6 is 0 Å².